The van der Waals surface area contributed by atoms with Crippen LogP contribution in [0.15, 0.2) is 29.0 Å². The minimum absolute atomic E-state index is 0.302. The summed E-state index contributed by atoms with van der Waals surface area (Å²) in [5, 5.41) is 6.25. The standard InChI is InChI=1S/C13H14BrFN4/c1-3-16-12-8(2)13(18-7-17-12)19-11-6-9(15)4-5-10(11)14/h4-7H,3H2,1-2H3,(H2,16,17,18,19). The van der Waals surface area contributed by atoms with Crippen LogP contribution in [0, 0.1) is 12.7 Å². The average molecular weight is 325 g/mol. The van der Waals surface area contributed by atoms with E-state index in [0.29, 0.717) is 11.5 Å². The predicted octanol–water partition coefficient (Wildman–Crippen LogP) is 3.86. The molecule has 1 aromatic carbocycles. The Morgan fingerprint density at radius 3 is 2.74 bits per heavy atom. The Bertz CT molecular complexity index is 589. The van der Waals surface area contributed by atoms with Crippen LogP contribution >= 0.6 is 15.9 Å². The highest BCUT2D eigenvalue weighted by atomic mass is 79.9. The Morgan fingerprint density at radius 2 is 2.00 bits per heavy atom. The molecule has 0 aliphatic heterocycles. The Hall–Kier alpha value is -1.69. The van der Waals surface area contributed by atoms with E-state index >= 15 is 0 Å². The van der Waals surface area contributed by atoms with Gasteiger partial charge in [-0.25, -0.2) is 14.4 Å². The van der Waals surface area contributed by atoms with E-state index in [9.17, 15) is 4.39 Å². The second kappa shape index (κ2) is 5.97. The third-order valence-corrected chi connectivity index (χ3v) is 3.30. The Kier molecular flexibility index (Phi) is 4.31. The van der Waals surface area contributed by atoms with Crippen molar-refractivity contribution in [3.8, 4) is 0 Å². The highest BCUT2D eigenvalue weighted by Crippen LogP contribution is 2.28. The molecule has 0 saturated carbocycles. The molecule has 0 amide bonds. The molecule has 0 unspecified atom stereocenters. The quantitative estimate of drug-likeness (QED) is 0.896. The van der Waals surface area contributed by atoms with Crippen LogP contribution < -0.4 is 10.6 Å². The zero-order valence-corrected chi connectivity index (χ0v) is 12.3. The molecule has 0 radical (unpaired) electrons. The Morgan fingerprint density at radius 1 is 1.26 bits per heavy atom. The van der Waals surface area contributed by atoms with Crippen LogP contribution in [0.5, 0.6) is 0 Å². The highest BCUT2D eigenvalue weighted by molar-refractivity contribution is 9.10. The molecule has 0 saturated heterocycles. The average Bonchev–Trinajstić information content (AvgIpc) is 2.39. The van der Waals surface area contributed by atoms with Gasteiger partial charge >= 0.3 is 0 Å². The van der Waals surface area contributed by atoms with Crippen LogP contribution in [0.2, 0.25) is 0 Å². The first-order valence-corrected chi connectivity index (χ1v) is 6.68. The van der Waals surface area contributed by atoms with Crippen molar-refractivity contribution in [1.82, 2.24) is 9.97 Å². The van der Waals surface area contributed by atoms with E-state index in [1.165, 1.54) is 18.5 Å². The first-order valence-electron chi connectivity index (χ1n) is 5.89. The maximum Gasteiger partial charge on any atom is 0.138 e. The monoisotopic (exact) mass is 324 g/mol. The van der Waals surface area contributed by atoms with Crippen molar-refractivity contribution < 1.29 is 4.39 Å². The number of hydrogen-bond acceptors (Lipinski definition) is 4. The van der Waals surface area contributed by atoms with E-state index in [1.54, 1.807) is 6.07 Å². The van der Waals surface area contributed by atoms with Gasteiger partial charge in [0.2, 0.25) is 0 Å². The van der Waals surface area contributed by atoms with Crippen LogP contribution in [-0.4, -0.2) is 16.5 Å². The number of rotatable bonds is 4. The fourth-order valence-corrected chi connectivity index (χ4v) is 1.99. The van der Waals surface area contributed by atoms with Crippen LogP contribution in [0.25, 0.3) is 0 Å². The molecule has 1 aromatic heterocycles. The molecule has 4 nitrogen and oxygen atoms in total. The molecule has 2 rings (SSSR count). The lowest BCUT2D eigenvalue weighted by atomic mass is 10.2. The normalized spacial score (nSPS) is 10.3. The molecule has 0 bridgehead atoms. The van der Waals surface area contributed by atoms with Crippen molar-refractivity contribution in [2.75, 3.05) is 17.2 Å². The van der Waals surface area contributed by atoms with Gasteiger partial charge in [0.25, 0.3) is 0 Å². The zero-order valence-electron chi connectivity index (χ0n) is 10.7. The Balaban J connectivity index is 2.33. The van der Waals surface area contributed by atoms with Crippen LogP contribution in [-0.2, 0) is 0 Å². The van der Waals surface area contributed by atoms with Crippen molar-refractivity contribution in [2.45, 2.75) is 13.8 Å². The third kappa shape index (κ3) is 3.20. The van der Waals surface area contributed by atoms with E-state index in [2.05, 4.69) is 36.5 Å². The summed E-state index contributed by atoms with van der Waals surface area (Å²) in [5.41, 5.74) is 1.52. The van der Waals surface area contributed by atoms with Gasteiger partial charge < -0.3 is 10.6 Å². The van der Waals surface area contributed by atoms with Gasteiger partial charge in [0.15, 0.2) is 0 Å². The van der Waals surface area contributed by atoms with Gasteiger partial charge in [-0.05, 0) is 48.0 Å². The Labute approximate surface area is 119 Å². The van der Waals surface area contributed by atoms with E-state index < -0.39 is 0 Å². The topological polar surface area (TPSA) is 49.8 Å². The van der Waals surface area contributed by atoms with E-state index in [-0.39, 0.29) is 5.82 Å². The van der Waals surface area contributed by atoms with Crippen molar-refractivity contribution in [1.29, 1.82) is 0 Å². The summed E-state index contributed by atoms with van der Waals surface area (Å²) in [5.74, 6) is 1.12. The zero-order chi connectivity index (χ0) is 13.8. The molecular formula is C13H14BrFN4. The van der Waals surface area contributed by atoms with Crippen LogP contribution in [0.4, 0.5) is 21.7 Å². The molecule has 2 aromatic rings. The van der Waals surface area contributed by atoms with Crippen LogP contribution in [0.3, 0.4) is 0 Å². The number of benzene rings is 1. The summed E-state index contributed by atoms with van der Waals surface area (Å²) < 4.78 is 14.0. The van der Waals surface area contributed by atoms with Gasteiger partial charge in [0.05, 0.1) is 5.69 Å². The van der Waals surface area contributed by atoms with Gasteiger partial charge in [-0.2, -0.15) is 0 Å². The molecule has 0 atom stereocenters. The lowest BCUT2D eigenvalue weighted by Crippen LogP contribution is -2.05. The predicted molar refractivity (Wildman–Crippen MR) is 78.3 cm³/mol. The molecular weight excluding hydrogens is 311 g/mol. The lowest BCUT2D eigenvalue weighted by Gasteiger charge is -2.13. The SMILES string of the molecule is CCNc1ncnc(Nc2cc(F)ccc2Br)c1C. The smallest absolute Gasteiger partial charge is 0.138 e. The summed E-state index contributed by atoms with van der Waals surface area (Å²) in [6, 6.07) is 4.46. The number of nitrogens with zero attached hydrogens (tertiary/aromatic N) is 2. The van der Waals surface area contributed by atoms with Crippen molar-refractivity contribution in [2.24, 2.45) is 0 Å². The molecule has 6 heteroatoms. The maximum absolute atomic E-state index is 13.2. The van der Waals surface area contributed by atoms with E-state index in [4.69, 9.17) is 0 Å². The molecule has 2 N–H and O–H groups in total. The van der Waals surface area contributed by atoms with Crippen molar-refractivity contribution >= 4 is 33.3 Å². The summed E-state index contributed by atoms with van der Waals surface area (Å²) in [7, 11) is 0. The number of hydrogen-bond donors (Lipinski definition) is 2. The van der Waals surface area contributed by atoms with Crippen molar-refractivity contribution in [3.05, 3.63) is 40.4 Å². The minimum atomic E-state index is -0.302. The second-order valence-electron chi connectivity index (χ2n) is 3.98. The largest absolute Gasteiger partial charge is 0.370 e. The van der Waals surface area contributed by atoms with Gasteiger partial charge in [0, 0.05) is 16.6 Å². The number of nitrogens with one attached hydrogen (secondary N) is 2. The molecule has 1 heterocycles. The molecule has 19 heavy (non-hydrogen) atoms. The summed E-state index contributed by atoms with van der Waals surface area (Å²) in [6.45, 7) is 4.69. The molecule has 0 spiro atoms. The molecule has 0 aliphatic rings. The summed E-state index contributed by atoms with van der Waals surface area (Å²) >= 11 is 3.37. The number of anilines is 3. The molecule has 0 fully saturated rings. The first-order chi connectivity index (χ1) is 9.11. The second-order valence-corrected chi connectivity index (χ2v) is 4.83. The molecule has 100 valence electrons. The van der Waals surface area contributed by atoms with Gasteiger partial charge in [-0.1, -0.05) is 0 Å². The number of halogens is 2. The maximum atomic E-state index is 13.2. The van der Waals surface area contributed by atoms with Gasteiger partial charge in [-0.3, -0.25) is 0 Å². The minimum Gasteiger partial charge on any atom is -0.370 e. The van der Waals surface area contributed by atoms with Gasteiger partial charge in [0.1, 0.15) is 23.8 Å². The van der Waals surface area contributed by atoms with E-state index in [1.807, 2.05) is 13.8 Å². The third-order valence-electron chi connectivity index (χ3n) is 2.61. The fourth-order valence-electron chi connectivity index (χ4n) is 1.64. The molecule has 0 aliphatic carbocycles. The fraction of sp³-hybridized carbons (Fsp3) is 0.231. The number of aromatic nitrogens is 2. The summed E-state index contributed by atoms with van der Waals surface area (Å²) in [6.07, 6.45) is 1.47. The summed E-state index contributed by atoms with van der Waals surface area (Å²) in [4.78, 5) is 8.34. The van der Waals surface area contributed by atoms with Crippen molar-refractivity contribution in [3.63, 3.8) is 0 Å². The van der Waals surface area contributed by atoms with E-state index in [0.717, 1.165) is 22.4 Å². The van der Waals surface area contributed by atoms with Crippen LogP contribution in [0.1, 0.15) is 12.5 Å². The first kappa shape index (κ1) is 13.7. The van der Waals surface area contributed by atoms with Gasteiger partial charge in [-0.15, -0.1) is 0 Å². The highest BCUT2D eigenvalue weighted by Gasteiger charge is 2.08. The lowest BCUT2D eigenvalue weighted by molar-refractivity contribution is 0.628.